The second kappa shape index (κ2) is 11.6. The van der Waals surface area contributed by atoms with Crippen molar-refractivity contribution < 1.29 is 14.3 Å². The molecule has 1 atom stereocenters. The van der Waals surface area contributed by atoms with Crippen LogP contribution in [-0.2, 0) is 9.59 Å². The molecular weight excluding hydrogens is 478 g/mol. The second-order valence-corrected chi connectivity index (χ2v) is 10.1. The summed E-state index contributed by atoms with van der Waals surface area (Å²) in [5.74, 6) is 1.75. The van der Waals surface area contributed by atoms with E-state index in [-0.39, 0.29) is 30.3 Å². The summed E-state index contributed by atoms with van der Waals surface area (Å²) in [4.78, 5) is 32.4. The molecule has 0 radical (unpaired) electrons. The van der Waals surface area contributed by atoms with E-state index in [0.717, 1.165) is 47.7 Å². The fraction of sp³-hybridized carbons (Fsp3) is 0.400. The first-order chi connectivity index (χ1) is 18.5. The lowest BCUT2D eigenvalue weighted by Gasteiger charge is -2.39. The van der Waals surface area contributed by atoms with Gasteiger partial charge < -0.3 is 19.4 Å². The number of benzene rings is 2. The van der Waals surface area contributed by atoms with Crippen molar-refractivity contribution in [2.45, 2.75) is 32.2 Å². The molecule has 1 aromatic heterocycles. The Kier molecular flexibility index (Phi) is 7.86. The molecule has 0 bridgehead atoms. The average molecular weight is 514 g/mol. The monoisotopic (exact) mass is 513 g/mol. The van der Waals surface area contributed by atoms with E-state index >= 15 is 0 Å². The van der Waals surface area contributed by atoms with Crippen molar-refractivity contribution in [3.8, 4) is 17.0 Å². The molecule has 1 aliphatic carbocycles. The van der Waals surface area contributed by atoms with Crippen LogP contribution in [0.2, 0.25) is 0 Å². The van der Waals surface area contributed by atoms with Crippen LogP contribution < -0.4 is 9.64 Å². The van der Waals surface area contributed by atoms with Gasteiger partial charge in [-0.1, -0.05) is 36.8 Å². The van der Waals surface area contributed by atoms with Gasteiger partial charge in [0.15, 0.2) is 5.82 Å². The summed E-state index contributed by atoms with van der Waals surface area (Å²) < 4.78 is 5.22. The Morgan fingerprint density at radius 2 is 1.66 bits per heavy atom. The molecule has 8 heteroatoms. The van der Waals surface area contributed by atoms with Crippen LogP contribution in [0.15, 0.2) is 66.7 Å². The Hall–Kier alpha value is -3.94. The number of amides is 2. The maximum absolute atomic E-state index is 13.3. The third-order valence-electron chi connectivity index (χ3n) is 7.79. The normalized spacial score (nSPS) is 16.5. The molecule has 1 saturated heterocycles. The van der Waals surface area contributed by atoms with E-state index in [9.17, 15) is 9.59 Å². The van der Waals surface area contributed by atoms with Gasteiger partial charge in [0.1, 0.15) is 12.3 Å². The van der Waals surface area contributed by atoms with Crippen molar-refractivity contribution in [2.75, 3.05) is 44.7 Å². The van der Waals surface area contributed by atoms with Gasteiger partial charge in [-0.2, -0.15) is 0 Å². The molecule has 38 heavy (non-hydrogen) atoms. The molecule has 3 aromatic rings. The van der Waals surface area contributed by atoms with E-state index in [1.165, 1.54) is 0 Å². The van der Waals surface area contributed by atoms with Gasteiger partial charge >= 0.3 is 0 Å². The molecular formula is C30H35N5O3. The molecule has 5 rings (SSSR count). The first-order valence-corrected chi connectivity index (χ1v) is 13.4. The van der Waals surface area contributed by atoms with Crippen molar-refractivity contribution in [1.82, 2.24) is 20.0 Å². The summed E-state index contributed by atoms with van der Waals surface area (Å²) in [5.41, 5.74) is 2.83. The molecule has 2 aromatic carbocycles. The van der Waals surface area contributed by atoms with Crippen LogP contribution in [0.3, 0.4) is 0 Å². The first kappa shape index (κ1) is 25.7. The second-order valence-electron chi connectivity index (χ2n) is 10.1. The first-order valence-electron chi connectivity index (χ1n) is 13.4. The van der Waals surface area contributed by atoms with Gasteiger partial charge in [0.05, 0.1) is 18.8 Å². The van der Waals surface area contributed by atoms with E-state index in [1.807, 2.05) is 78.6 Å². The van der Waals surface area contributed by atoms with Crippen LogP contribution in [0, 0.1) is 5.92 Å². The summed E-state index contributed by atoms with van der Waals surface area (Å²) in [5, 5.41) is 8.86. The lowest BCUT2D eigenvalue weighted by Crippen LogP contribution is -2.53. The zero-order valence-electron chi connectivity index (χ0n) is 22.1. The molecule has 2 heterocycles. The number of aromatic nitrogens is 2. The Labute approximate surface area is 224 Å². The number of nitrogens with zero attached hydrogens (tertiary/aromatic N) is 5. The standard InChI is InChI=1S/C30H35N5O3/c1-22(23-7-4-3-5-8-23)35(30(37)25-9-6-10-25)21-29(36)34-19-17-33(18-20-34)28-16-15-27(31-32-28)24-11-13-26(38-2)14-12-24/h3-5,7-8,11-16,22,25H,6,9-10,17-21H2,1-2H3/t22-/m0/s1. The van der Waals surface area contributed by atoms with Gasteiger partial charge in [-0.25, -0.2) is 0 Å². The summed E-state index contributed by atoms with van der Waals surface area (Å²) >= 11 is 0. The Morgan fingerprint density at radius 3 is 2.24 bits per heavy atom. The number of ether oxygens (including phenoxy) is 1. The smallest absolute Gasteiger partial charge is 0.242 e. The van der Waals surface area contributed by atoms with Crippen LogP contribution in [0.4, 0.5) is 5.82 Å². The topological polar surface area (TPSA) is 78.9 Å². The van der Waals surface area contributed by atoms with Crippen molar-refractivity contribution >= 4 is 17.6 Å². The van der Waals surface area contributed by atoms with E-state index in [4.69, 9.17) is 4.74 Å². The molecule has 0 spiro atoms. The fourth-order valence-corrected chi connectivity index (χ4v) is 5.05. The third kappa shape index (κ3) is 5.64. The highest BCUT2D eigenvalue weighted by Gasteiger charge is 2.34. The highest BCUT2D eigenvalue weighted by atomic mass is 16.5. The van der Waals surface area contributed by atoms with E-state index in [2.05, 4.69) is 15.1 Å². The summed E-state index contributed by atoms with van der Waals surface area (Å²) in [6.45, 7) is 4.66. The summed E-state index contributed by atoms with van der Waals surface area (Å²) in [6, 6.07) is 21.5. The van der Waals surface area contributed by atoms with Gasteiger partial charge in [0.2, 0.25) is 11.8 Å². The Morgan fingerprint density at radius 1 is 0.947 bits per heavy atom. The van der Waals surface area contributed by atoms with Crippen molar-refractivity contribution in [3.05, 3.63) is 72.3 Å². The molecule has 2 amide bonds. The van der Waals surface area contributed by atoms with Crippen LogP contribution in [-0.4, -0.2) is 71.6 Å². The summed E-state index contributed by atoms with van der Waals surface area (Å²) in [7, 11) is 1.65. The molecule has 198 valence electrons. The van der Waals surface area contributed by atoms with E-state index in [0.29, 0.717) is 26.2 Å². The number of carbonyl (C=O) groups excluding carboxylic acids is 2. The van der Waals surface area contributed by atoms with Gasteiger partial charge in [-0.3, -0.25) is 9.59 Å². The van der Waals surface area contributed by atoms with Crippen molar-refractivity contribution in [1.29, 1.82) is 0 Å². The fourth-order valence-electron chi connectivity index (χ4n) is 5.05. The largest absolute Gasteiger partial charge is 0.497 e. The number of piperazine rings is 1. The number of hydrogen-bond donors (Lipinski definition) is 0. The van der Waals surface area contributed by atoms with Gasteiger partial charge in [0, 0.05) is 37.7 Å². The molecule has 1 saturated carbocycles. The highest BCUT2D eigenvalue weighted by Crippen LogP contribution is 2.32. The molecule has 1 aliphatic heterocycles. The van der Waals surface area contributed by atoms with Crippen molar-refractivity contribution in [3.63, 3.8) is 0 Å². The number of anilines is 1. The van der Waals surface area contributed by atoms with E-state index < -0.39 is 0 Å². The molecule has 8 nitrogen and oxygen atoms in total. The SMILES string of the molecule is COc1ccc(-c2ccc(N3CCN(C(=O)CN(C(=O)C4CCC4)[C@@H](C)c4ccccc4)CC3)nn2)cc1. The third-order valence-corrected chi connectivity index (χ3v) is 7.79. The van der Waals surface area contributed by atoms with Gasteiger partial charge in [0.25, 0.3) is 0 Å². The highest BCUT2D eigenvalue weighted by molar-refractivity contribution is 5.87. The summed E-state index contributed by atoms with van der Waals surface area (Å²) in [6.07, 6.45) is 2.92. The van der Waals surface area contributed by atoms with Crippen LogP contribution in [0.5, 0.6) is 5.75 Å². The average Bonchev–Trinajstić information content (AvgIpc) is 2.95. The lowest BCUT2D eigenvalue weighted by molar-refractivity contribution is -0.147. The van der Waals surface area contributed by atoms with Gasteiger partial charge in [-0.05, 0) is 61.7 Å². The zero-order valence-corrected chi connectivity index (χ0v) is 22.1. The lowest BCUT2D eigenvalue weighted by atomic mass is 9.84. The number of carbonyl (C=O) groups is 2. The van der Waals surface area contributed by atoms with Crippen LogP contribution in [0.25, 0.3) is 11.3 Å². The van der Waals surface area contributed by atoms with Crippen molar-refractivity contribution in [2.24, 2.45) is 5.92 Å². The minimum absolute atomic E-state index is 0.000965. The van der Waals surface area contributed by atoms with Gasteiger partial charge in [-0.15, -0.1) is 10.2 Å². The molecule has 2 fully saturated rings. The molecule has 0 unspecified atom stereocenters. The Balaban J connectivity index is 1.19. The number of rotatable bonds is 8. The van der Waals surface area contributed by atoms with E-state index in [1.54, 1.807) is 12.0 Å². The number of methoxy groups -OCH3 is 1. The Bertz CT molecular complexity index is 1220. The van der Waals surface area contributed by atoms with Crippen LogP contribution in [0.1, 0.15) is 37.8 Å². The maximum atomic E-state index is 13.3. The minimum Gasteiger partial charge on any atom is -0.497 e. The maximum Gasteiger partial charge on any atom is 0.242 e. The number of hydrogen-bond acceptors (Lipinski definition) is 6. The predicted molar refractivity (Wildman–Crippen MR) is 147 cm³/mol. The minimum atomic E-state index is -0.144. The zero-order chi connectivity index (χ0) is 26.5. The quantitative estimate of drug-likeness (QED) is 0.450. The molecule has 0 N–H and O–H groups in total. The molecule has 2 aliphatic rings. The predicted octanol–water partition coefficient (Wildman–Crippen LogP) is 4.19. The van der Waals surface area contributed by atoms with Crippen LogP contribution >= 0.6 is 0 Å².